The van der Waals surface area contributed by atoms with Crippen molar-refractivity contribution in [3.05, 3.63) is 47.5 Å². The first-order valence-corrected chi connectivity index (χ1v) is 5.86. The van der Waals surface area contributed by atoms with Gasteiger partial charge in [0.25, 0.3) is 0 Å². The van der Waals surface area contributed by atoms with E-state index in [0.29, 0.717) is 10.7 Å². The van der Waals surface area contributed by atoms with Crippen molar-refractivity contribution in [1.82, 2.24) is 0 Å². The first-order valence-electron chi connectivity index (χ1n) is 4.94. The van der Waals surface area contributed by atoms with Crippen LogP contribution in [0.4, 0.5) is 0 Å². The van der Waals surface area contributed by atoms with Gasteiger partial charge in [0.2, 0.25) is 0 Å². The van der Waals surface area contributed by atoms with Crippen molar-refractivity contribution in [1.29, 1.82) is 0 Å². The molecule has 1 aliphatic carbocycles. The molecule has 2 unspecified atom stereocenters. The Balaban J connectivity index is 2.49. The zero-order valence-electron chi connectivity index (χ0n) is 8.00. The average Bonchev–Trinajstić information content (AvgIpc) is 2.47. The van der Waals surface area contributed by atoms with E-state index in [9.17, 15) is 0 Å². The molecule has 3 rings (SSSR count). The van der Waals surface area contributed by atoms with Gasteiger partial charge in [-0.25, -0.2) is 0 Å². The topological polar surface area (TPSA) is 0 Å². The second kappa shape index (κ2) is 2.83. The van der Waals surface area contributed by atoms with Gasteiger partial charge in [0, 0.05) is 4.83 Å². The van der Waals surface area contributed by atoms with Crippen LogP contribution < -0.4 is 0 Å². The molecule has 2 aromatic carbocycles. The monoisotopic (exact) mass is 246 g/mol. The average molecular weight is 247 g/mol. The summed E-state index contributed by atoms with van der Waals surface area (Å²) in [6.45, 7) is 2.29. The number of alkyl halides is 1. The number of halogens is 1. The highest BCUT2D eigenvalue weighted by Gasteiger charge is 2.28. The van der Waals surface area contributed by atoms with Crippen molar-refractivity contribution in [3.8, 4) is 0 Å². The number of hydrogen-bond donors (Lipinski definition) is 0. The van der Waals surface area contributed by atoms with Crippen LogP contribution in [-0.2, 0) is 0 Å². The van der Waals surface area contributed by atoms with Crippen LogP contribution in [0.1, 0.15) is 28.8 Å². The molecule has 2 aromatic rings. The van der Waals surface area contributed by atoms with Crippen molar-refractivity contribution < 1.29 is 0 Å². The minimum atomic E-state index is 0.489. The summed E-state index contributed by atoms with van der Waals surface area (Å²) < 4.78 is 0. The molecule has 2 atom stereocenters. The van der Waals surface area contributed by atoms with Gasteiger partial charge in [-0.05, 0) is 27.8 Å². The van der Waals surface area contributed by atoms with Gasteiger partial charge in [-0.15, -0.1) is 0 Å². The van der Waals surface area contributed by atoms with Crippen molar-refractivity contribution in [2.45, 2.75) is 17.7 Å². The molecule has 0 bridgehead atoms. The van der Waals surface area contributed by atoms with E-state index in [1.165, 1.54) is 21.9 Å². The second-order valence-corrected chi connectivity index (χ2v) is 4.97. The molecule has 0 heterocycles. The molecular formula is C13H11Br. The van der Waals surface area contributed by atoms with Gasteiger partial charge in [0.05, 0.1) is 0 Å². The summed E-state index contributed by atoms with van der Waals surface area (Å²) in [6, 6.07) is 13.2. The lowest BCUT2D eigenvalue weighted by Gasteiger charge is -2.08. The van der Waals surface area contributed by atoms with Gasteiger partial charge in [-0.1, -0.05) is 59.3 Å². The van der Waals surface area contributed by atoms with Crippen molar-refractivity contribution in [2.75, 3.05) is 0 Å². The van der Waals surface area contributed by atoms with Crippen LogP contribution >= 0.6 is 15.9 Å². The molecule has 0 saturated heterocycles. The number of benzene rings is 2. The Morgan fingerprint density at radius 2 is 1.64 bits per heavy atom. The Bertz CT molecular complexity index is 459. The molecule has 0 amide bonds. The molecule has 14 heavy (non-hydrogen) atoms. The lowest BCUT2D eigenvalue weighted by Crippen LogP contribution is -1.91. The number of rotatable bonds is 0. The zero-order chi connectivity index (χ0) is 9.71. The summed E-state index contributed by atoms with van der Waals surface area (Å²) in [5, 5.41) is 2.83. The van der Waals surface area contributed by atoms with E-state index in [0.717, 1.165) is 0 Å². The SMILES string of the molecule is CC1c2cccc3cccc(c23)C1Br. The predicted molar refractivity (Wildman–Crippen MR) is 64.0 cm³/mol. The van der Waals surface area contributed by atoms with Crippen molar-refractivity contribution in [3.63, 3.8) is 0 Å². The Kier molecular flexibility index (Phi) is 1.72. The lowest BCUT2D eigenvalue weighted by atomic mass is 10.0. The molecule has 70 valence electrons. The Morgan fingerprint density at radius 1 is 1.00 bits per heavy atom. The maximum absolute atomic E-state index is 3.78. The molecule has 1 aliphatic rings. The van der Waals surface area contributed by atoms with Crippen LogP contribution in [-0.4, -0.2) is 0 Å². The highest BCUT2D eigenvalue weighted by molar-refractivity contribution is 9.09. The zero-order valence-corrected chi connectivity index (χ0v) is 9.58. The van der Waals surface area contributed by atoms with Crippen LogP contribution in [0.2, 0.25) is 0 Å². The van der Waals surface area contributed by atoms with Crippen molar-refractivity contribution in [2.24, 2.45) is 0 Å². The molecule has 0 saturated carbocycles. The summed E-state index contributed by atoms with van der Waals surface area (Å²) in [6.07, 6.45) is 0. The number of hydrogen-bond acceptors (Lipinski definition) is 0. The van der Waals surface area contributed by atoms with Crippen LogP contribution in [0.5, 0.6) is 0 Å². The van der Waals surface area contributed by atoms with Gasteiger partial charge in [-0.2, -0.15) is 0 Å². The molecule has 0 spiro atoms. The molecule has 0 aliphatic heterocycles. The van der Waals surface area contributed by atoms with E-state index in [1.54, 1.807) is 0 Å². The van der Waals surface area contributed by atoms with Gasteiger partial charge in [-0.3, -0.25) is 0 Å². The normalized spacial score (nSPS) is 24.4. The maximum atomic E-state index is 3.78. The Morgan fingerprint density at radius 3 is 2.36 bits per heavy atom. The van der Waals surface area contributed by atoms with E-state index >= 15 is 0 Å². The molecule has 0 aromatic heterocycles. The lowest BCUT2D eigenvalue weighted by molar-refractivity contribution is 0.790. The minimum Gasteiger partial charge on any atom is -0.0832 e. The molecule has 0 nitrogen and oxygen atoms in total. The fraction of sp³-hybridized carbons (Fsp3) is 0.231. The Labute approximate surface area is 92.1 Å². The van der Waals surface area contributed by atoms with Crippen LogP contribution in [0.15, 0.2) is 36.4 Å². The standard InChI is InChI=1S/C13H11Br/c1-8-10-6-2-4-9-5-3-7-11(12(9)10)13(8)14/h2-8,13H,1H3. The summed E-state index contributed by atoms with van der Waals surface area (Å²) in [5.41, 5.74) is 2.94. The minimum absolute atomic E-state index is 0.489. The van der Waals surface area contributed by atoms with E-state index in [2.05, 4.69) is 59.3 Å². The van der Waals surface area contributed by atoms with E-state index in [-0.39, 0.29) is 0 Å². The third-order valence-electron chi connectivity index (χ3n) is 3.20. The largest absolute Gasteiger partial charge is 0.0832 e. The molecule has 0 fully saturated rings. The predicted octanol–water partition coefficient (Wildman–Crippen LogP) is 4.39. The molecule has 1 heteroatoms. The van der Waals surface area contributed by atoms with Gasteiger partial charge in [0.1, 0.15) is 0 Å². The maximum Gasteiger partial charge on any atom is 0.0467 e. The van der Waals surface area contributed by atoms with E-state index in [1.807, 2.05) is 0 Å². The van der Waals surface area contributed by atoms with Gasteiger partial charge >= 0.3 is 0 Å². The van der Waals surface area contributed by atoms with Crippen LogP contribution in [0, 0.1) is 0 Å². The first-order chi connectivity index (χ1) is 6.79. The van der Waals surface area contributed by atoms with Gasteiger partial charge < -0.3 is 0 Å². The van der Waals surface area contributed by atoms with E-state index < -0.39 is 0 Å². The Hall–Kier alpha value is -0.820. The molecular weight excluding hydrogens is 236 g/mol. The second-order valence-electron chi connectivity index (χ2n) is 3.98. The highest BCUT2D eigenvalue weighted by atomic mass is 79.9. The van der Waals surface area contributed by atoms with Crippen LogP contribution in [0.25, 0.3) is 10.8 Å². The molecule has 0 N–H and O–H groups in total. The van der Waals surface area contributed by atoms with Gasteiger partial charge in [0.15, 0.2) is 0 Å². The third-order valence-corrected chi connectivity index (χ3v) is 4.48. The highest BCUT2D eigenvalue weighted by Crippen LogP contribution is 2.49. The van der Waals surface area contributed by atoms with Crippen LogP contribution in [0.3, 0.4) is 0 Å². The van der Waals surface area contributed by atoms with Crippen molar-refractivity contribution >= 4 is 26.7 Å². The summed E-state index contributed by atoms with van der Waals surface area (Å²) >= 11 is 3.78. The molecule has 0 radical (unpaired) electrons. The first kappa shape index (κ1) is 8.49. The summed E-state index contributed by atoms with van der Waals surface area (Å²) in [5.74, 6) is 0.594. The third kappa shape index (κ3) is 0.936. The van der Waals surface area contributed by atoms with E-state index in [4.69, 9.17) is 0 Å². The summed E-state index contributed by atoms with van der Waals surface area (Å²) in [7, 11) is 0. The fourth-order valence-corrected chi connectivity index (χ4v) is 3.10. The smallest absolute Gasteiger partial charge is 0.0467 e. The fourth-order valence-electron chi connectivity index (χ4n) is 2.44. The quantitative estimate of drug-likeness (QED) is 0.605. The summed E-state index contributed by atoms with van der Waals surface area (Å²) in [4.78, 5) is 0.489.